The van der Waals surface area contributed by atoms with E-state index in [4.69, 9.17) is 16.3 Å². The Kier molecular flexibility index (Phi) is 5.56. The molecule has 3 aromatic rings. The average molecular weight is 446 g/mol. The first-order valence-corrected chi connectivity index (χ1v) is 9.93. The van der Waals surface area contributed by atoms with E-state index in [1.54, 1.807) is 13.2 Å². The molecule has 3 rings (SSSR count). The van der Waals surface area contributed by atoms with Crippen LogP contribution < -0.4 is 4.80 Å². The monoisotopic (exact) mass is 444 g/mol. The van der Waals surface area contributed by atoms with Crippen LogP contribution in [0.25, 0.3) is 10.2 Å². The summed E-state index contributed by atoms with van der Waals surface area (Å²) in [4.78, 5) is 18.0. The van der Waals surface area contributed by atoms with Gasteiger partial charge in [0.15, 0.2) is 4.80 Å². The summed E-state index contributed by atoms with van der Waals surface area (Å²) in [5.41, 5.74) is 1.98. The minimum Gasteiger partial charge on any atom is -0.383 e. The van der Waals surface area contributed by atoms with Gasteiger partial charge in [-0.25, -0.2) is 0 Å². The summed E-state index contributed by atoms with van der Waals surface area (Å²) in [7, 11) is 1.65. The Balaban J connectivity index is 2.17. The first-order valence-electron chi connectivity index (χ1n) is 7.13. The second-order valence-electron chi connectivity index (χ2n) is 5.07. The minimum atomic E-state index is -0.243. The number of benzene rings is 1. The lowest BCUT2D eigenvalue weighted by molar-refractivity contribution is 0.100. The number of methoxy groups -OCH3 is 1. The molecule has 126 valence electrons. The Morgan fingerprint density at radius 2 is 2.12 bits per heavy atom. The summed E-state index contributed by atoms with van der Waals surface area (Å²) in [6, 6.07) is 7.46. The second-order valence-corrected chi connectivity index (χ2v) is 8.95. The molecule has 0 saturated carbocycles. The number of carbonyl (C=O) groups excluding carboxylic acids is 1. The van der Waals surface area contributed by atoms with Crippen molar-refractivity contribution < 1.29 is 9.53 Å². The highest BCUT2D eigenvalue weighted by molar-refractivity contribution is 9.11. The number of thiophene rings is 1. The molecule has 1 amide bonds. The zero-order valence-corrected chi connectivity index (χ0v) is 17.0. The number of rotatable bonds is 4. The van der Waals surface area contributed by atoms with E-state index >= 15 is 0 Å². The van der Waals surface area contributed by atoms with Crippen LogP contribution in [0.4, 0.5) is 0 Å². The van der Waals surface area contributed by atoms with Crippen molar-refractivity contribution in [2.24, 2.45) is 4.99 Å². The zero-order chi connectivity index (χ0) is 17.3. The van der Waals surface area contributed by atoms with E-state index in [1.807, 2.05) is 29.7 Å². The lowest BCUT2D eigenvalue weighted by Gasteiger charge is -2.07. The standard InChI is InChI=1S/C16H14BrClN2O2S2/c1-9-10(18)3-4-11-14(9)20(7-8-22-2)16(24-11)19-15(21)12-5-6-13(17)23-12/h3-6H,7-8H2,1-2H3. The van der Waals surface area contributed by atoms with Gasteiger partial charge in [-0.2, -0.15) is 4.99 Å². The molecule has 8 heteroatoms. The van der Waals surface area contributed by atoms with E-state index in [0.717, 1.165) is 19.6 Å². The molecule has 0 bridgehead atoms. The van der Waals surface area contributed by atoms with Crippen LogP contribution in [0.15, 0.2) is 33.0 Å². The molecule has 0 atom stereocenters. The quantitative estimate of drug-likeness (QED) is 0.574. The smallest absolute Gasteiger partial charge is 0.289 e. The number of amides is 1. The van der Waals surface area contributed by atoms with Crippen molar-refractivity contribution in [2.75, 3.05) is 13.7 Å². The topological polar surface area (TPSA) is 43.6 Å². The third kappa shape index (κ3) is 3.50. The largest absolute Gasteiger partial charge is 0.383 e. The van der Waals surface area contributed by atoms with E-state index < -0.39 is 0 Å². The SMILES string of the molecule is COCCn1c(=NC(=O)c2ccc(Br)s2)sc2ccc(Cl)c(C)c21. The second kappa shape index (κ2) is 7.49. The maximum Gasteiger partial charge on any atom is 0.289 e. The molecule has 1 aromatic carbocycles. The molecule has 0 aliphatic carbocycles. The van der Waals surface area contributed by atoms with Gasteiger partial charge in [0.2, 0.25) is 0 Å². The lowest BCUT2D eigenvalue weighted by Crippen LogP contribution is -2.19. The Morgan fingerprint density at radius 3 is 2.79 bits per heavy atom. The van der Waals surface area contributed by atoms with Crippen molar-refractivity contribution in [1.82, 2.24) is 4.57 Å². The predicted octanol–water partition coefficient (Wildman–Crippen LogP) is 4.88. The van der Waals surface area contributed by atoms with Gasteiger partial charge in [0, 0.05) is 18.7 Å². The highest BCUT2D eigenvalue weighted by atomic mass is 79.9. The summed E-state index contributed by atoms with van der Waals surface area (Å²) in [5, 5.41) is 0.700. The van der Waals surface area contributed by atoms with Crippen LogP contribution in [0.3, 0.4) is 0 Å². The van der Waals surface area contributed by atoms with Crippen molar-refractivity contribution in [3.63, 3.8) is 0 Å². The Hall–Kier alpha value is -0.990. The number of aryl methyl sites for hydroxylation is 1. The van der Waals surface area contributed by atoms with Gasteiger partial charge < -0.3 is 9.30 Å². The van der Waals surface area contributed by atoms with Gasteiger partial charge in [-0.3, -0.25) is 4.79 Å². The number of ether oxygens (including phenoxy) is 1. The third-order valence-corrected chi connectivity index (χ3v) is 6.59. The van der Waals surface area contributed by atoms with Crippen LogP contribution in [0.5, 0.6) is 0 Å². The van der Waals surface area contributed by atoms with Crippen molar-refractivity contribution in [3.05, 3.63) is 48.3 Å². The summed E-state index contributed by atoms with van der Waals surface area (Å²) in [5.74, 6) is -0.243. The van der Waals surface area contributed by atoms with Crippen molar-refractivity contribution in [1.29, 1.82) is 0 Å². The molecular weight excluding hydrogens is 432 g/mol. The minimum absolute atomic E-state index is 0.243. The molecule has 24 heavy (non-hydrogen) atoms. The Labute approximate surface area is 160 Å². The van der Waals surface area contributed by atoms with Gasteiger partial charge in [-0.15, -0.1) is 11.3 Å². The summed E-state index contributed by atoms with van der Waals surface area (Å²) in [6.45, 7) is 3.12. The fraction of sp³-hybridized carbons (Fsp3) is 0.250. The summed E-state index contributed by atoms with van der Waals surface area (Å²) in [6.07, 6.45) is 0. The van der Waals surface area contributed by atoms with E-state index in [0.29, 0.717) is 27.9 Å². The maximum absolute atomic E-state index is 12.4. The van der Waals surface area contributed by atoms with Gasteiger partial charge in [-0.1, -0.05) is 22.9 Å². The molecular formula is C16H14BrClN2O2S2. The molecule has 4 nitrogen and oxygen atoms in total. The number of nitrogens with zero attached hydrogens (tertiary/aromatic N) is 2. The number of fused-ring (bicyclic) bond motifs is 1. The number of carbonyl (C=O) groups is 1. The number of hydrogen-bond acceptors (Lipinski definition) is 4. The number of thiazole rings is 1. The molecule has 0 N–H and O–H groups in total. The van der Waals surface area contributed by atoms with E-state index in [-0.39, 0.29) is 5.91 Å². The average Bonchev–Trinajstić information content (AvgIpc) is 3.13. The molecule has 0 radical (unpaired) electrons. The van der Waals surface area contributed by atoms with Crippen LogP contribution in [0.1, 0.15) is 15.2 Å². The highest BCUT2D eigenvalue weighted by Crippen LogP contribution is 2.27. The van der Waals surface area contributed by atoms with Crippen LogP contribution in [-0.2, 0) is 11.3 Å². The summed E-state index contributed by atoms with van der Waals surface area (Å²) >= 11 is 12.5. The van der Waals surface area contributed by atoms with Gasteiger partial charge >= 0.3 is 0 Å². The molecule has 0 aliphatic rings. The van der Waals surface area contributed by atoms with Gasteiger partial charge in [0.25, 0.3) is 5.91 Å². The lowest BCUT2D eigenvalue weighted by atomic mass is 10.2. The third-order valence-electron chi connectivity index (χ3n) is 3.53. The number of halogens is 2. The van der Waals surface area contributed by atoms with Crippen LogP contribution in [-0.4, -0.2) is 24.2 Å². The van der Waals surface area contributed by atoms with Crippen LogP contribution in [0, 0.1) is 6.92 Å². The molecule has 0 saturated heterocycles. The first kappa shape index (κ1) is 17.8. The number of aromatic nitrogens is 1. The van der Waals surface area contributed by atoms with Crippen LogP contribution >= 0.6 is 50.2 Å². The highest BCUT2D eigenvalue weighted by Gasteiger charge is 2.13. The predicted molar refractivity (Wildman–Crippen MR) is 103 cm³/mol. The Morgan fingerprint density at radius 1 is 1.33 bits per heavy atom. The molecule has 0 spiro atoms. The Bertz CT molecular complexity index is 974. The first-order chi connectivity index (χ1) is 11.5. The number of hydrogen-bond donors (Lipinski definition) is 0. The summed E-state index contributed by atoms with van der Waals surface area (Å²) < 4.78 is 9.17. The molecule has 0 aliphatic heterocycles. The van der Waals surface area contributed by atoms with E-state index in [1.165, 1.54) is 22.7 Å². The fourth-order valence-electron chi connectivity index (χ4n) is 2.36. The van der Waals surface area contributed by atoms with Crippen LogP contribution in [0.2, 0.25) is 5.02 Å². The fourth-order valence-corrected chi connectivity index (χ4v) is 4.90. The van der Waals surface area contributed by atoms with Crippen molar-refractivity contribution in [2.45, 2.75) is 13.5 Å². The molecule has 2 heterocycles. The molecule has 0 fully saturated rings. The van der Waals surface area contributed by atoms with Gasteiger partial charge in [0.05, 0.1) is 25.5 Å². The van der Waals surface area contributed by atoms with E-state index in [9.17, 15) is 4.79 Å². The maximum atomic E-state index is 12.4. The molecule has 2 aromatic heterocycles. The van der Waals surface area contributed by atoms with Crippen molar-refractivity contribution >= 4 is 66.3 Å². The normalized spacial score (nSPS) is 12.2. The van der Waals surface area contributed by atoms with Gasteiger partial charge in [0.1, 0.15) is 0 Å². The zero-order valence-electron chi connectivity index (χ0n) is 13.0. The van der Waals surface area contributed by atoms with E-state index in [2.05, 4.69) is 20.9 Å². The van der Waals surface area contributed by atoms with Crippen molar-refractivity contribution in [3.8, 4) is 0 Å². The van der Waals surface area contributed by atoms with Gasteiger partial charge in [-0.05, 0) is 52.7 Å². The molecule has 0 unspecified atom stereocenters.